The summed E-state index contributed by atoms with van der Waals surface area (Å²) >= 11 is 0. The van der Waals surface area contributed by atoms with Crippen LogP contribution in [0.5, 0.6) is 5.75 Å². The maximum Gasteiger partial charge on any atom is 0.264 e. The Labute approximate surface area is 164 Å². The number of fused-ring (bicyclic) bond motifs is 1. The largest absolute Gasteiger partial charge is 0.478 e. The molecular weight excluding hydrogens is 359 g/mol. The number of likely N-dealkylation sites (tertiary alicyclic amines) is 1. The first-order valence-corrected chi connectivity index (χ1v) is 9.94. The lowest BCUT2D eigenvalue weighted by Gasteiger charge is -2.28. The normalized spacial score (nSPS) is 19.9. The van der Waals surface area contributed by atoms with E-state index in [9.17, 15) is 9.18 Å². The van der Waals surface area contributed by atoms with Gasteiger partial charge in [-0.25, -0.2) is 14.4 Å². The summed E-state index contributed by atoms with van der Waals surface area (Å²) in [6.45, 7) is 4.21. The Morgan fingerprint density at radius 3 is 3.11 bits per heavy atom. The number of aromatic nitrogens is 2. The third kappa shape index (κ3) is 3.71. The molecule has 0 spiro atoms. The Kier molecular flexibility index (Phi) is 5.52. The first-order chi connectivity index (χ1) is 13.7. The second kappa shape index (κ2) is 8.22. The highest BCUT2D eigenvalue weighted by molar-refractivity contribution is 5.82. The molecular formula is C21H25FN4O2. The van der Waals surface area contributed by atoms with E-state index in [2.05, 4.69) is 10.3 Å². The topological polar surface area (TPSA) is 67.3 Å². The van der Waals surface area contributed by atoms with Crippen LogP contribution in [0.1, 0.15) is 49.3 Å². The molecule has 3 heterocycles. The maximum absolute atomic E-state index is 14.0. The molecule has 2 aliphatic rings. The second-order valence-electron chi connectivity index (χ2n) is 7.26. The van der Waals surface area contributed by atoms with Crippen molar-refractivity contribution in [1.29, 1.82) is 0 Å². The number of nitrogens with one attached hydrogen (secondary N) is 1. The molecule has 2 atom stereocenters. The molecule has 0 bridgehead atoms. The minimum absolute atomic E-state index is 0.107. The molecule has 1 amide bonds. The van der Waals surface area contributed by atoms with Gasteiger partial charge in [-0.15, -0.1) is 0 Å². The smallest absolute Gasteiger partial charge is 0.264 e. The van der Waals surface area contributed by atoms with Gasteiger partial charge in [0.2, 0.25) is 0 Å². The van der Waals surface area contributed by atoms with Crippen molar-refractivity contribution in [2.45, 2.75) is 51.3 Å². The van der Waals surface area contributed by atoms with E-state index in [1.54, 1.807) is 23.1 Å². The van der Waals surface area contributed by atoms with Gasteiger partial charge in [0.05, 0.1) is 6.04 Å². The van der Waals surface area contributed by atoms with E-state index < -0.39 is 11.9 Å². The number of halogens is 1. The number of nitrogens with zero attached hydrogens (tertiary/aromatic N) is 3. The van der Waals surface area contributed by atoms with Crippen LogP contribution in [0.2, 0.25) is 0 Å². The number of para-hydroxylation sites is 1. The van der Waals surface area contributed by atoms with Crippen molar-refractivity contribution in [3.8, 4) is 5.75 Å². The van der Waals surface area contributed by atoms with E-state index in [0.717, 1.165) is 43.6 Å². The highest BCUT2D eigenvalue weighted by atomic mass is 19.1. The maximum atomic E-state index is 14.0. The van der Waals surface area contributed by atoms with Gasteiger partial charge in [-0.3, -0.25) is 4.79 Å². The first kappa shape index (κ1) is 18.8. The molecule has 1 fully saturated rings. The Bertz CT molecular complexity index is 860. The molecule has 4 rings (SSSR count). The molecule has 28 heavy (non-hydrogen) atoms. The van der Waals surface area contributed by atoms with Crippen molar-refractivity contribution in [1.82, 2.24) is 20.2 Å². The number of hydrogen-bond donors (Lipinski definition) is 1. The van der Waals surface area contributed by atoms with Crippen LogP contribution in [0.15, 0.2) is 30.5 Å². The number of rotatable bonds is 5. The molecule has 148 valence electrons. The van der Waals surface area contributed by atoms with Crippen LogP contribution in [-0.2, 0) is 17.8 Å². The standard InChI is InChI=1S/C21H25FN4O2/c1-2-18(28-19-8-4-3-6-15(19)22)21(27)26-11-5-7-17(26)20-24-13-14-12-23-10-9-16(14)25-20/h3-4,6,8,13,17-18,23H,2,5,7,9-12H2,1H3/t17-,18+/m0/s1. The number of benzene rings is 1. The lowest BCUT2D eigenvalue weighted by atomic mass is 10.1. The van der Waals surface area contributed by atoms with E-state index in [1.807, 2.05) is 13.1 Å². The average molecular weight is 384 g/mol. The fourth-order valence-corrected chi connectivity index (χ4v) is 3.90. The van der Waals surface area contributed by atoms with Crippen LogP contribution in [-0.4, -0.2) is 40.0 Å². The number of carbonyl (C=O) groups is 1. The zero-order valence-electron chi connectivity index (χ0n) is 16.0. The summed E-state index contributed by atoms with van der Waals surface area (Å²) in [6.07, 6.45) is 4.22. The molecule has 7 heteroatoms. The van der Waals surface area contributed by atoms with Gasteiger partial charge in [0.15, 0.2) is 23.5 Å². The van der Waals surface area contributed by atoms with Gasteiger partial charge in [0.1, 0.15) is 0 Å². The van der Waals surface area contributed by atoms with Crippen molar-refractivity contribution in [3.05, 3.63) is 53.4 Å². The van der Waals surface area contributed by atoms with Crippen molar-refractivity contribution in [2.75, 3.05) is 13.1 Å². The molecule has 1 N–H and O–H groups in total. The summed E-state index contributed by atoms with van der Waals surface area (Å²) in [5.74, 6) is 0.220. The Hall–Kier alpha value is -2.54. The average Bonchev–Trinajstić information content (AvgIpc) is 3.22. The molecule has 0 aliphatic carbocycles. The first-order valence-electron chi connectivity index (χ1n) is 9.94. The van der Waals surface area contributed by atoms with Crippen LogP contribution < -0.4 is 10.1 Å². The van der Waals surface area contributed by atoms with Crippen LogP contribution in [0.4, 0.5) is 4.39 Å². The third-order valence-electron chi connectivity index (χ3n) is 5.41. The number of amides is 1. The predicted octanol–water partition coefficient (Wildman–Crippen LogP) is 2.78. The highest BCUT2D eigenvalue weighted by Gasteiger charge is 2.36. The summed E-state index contributed by atoms with van der Waals surface area (Å²) in [6, 6.07) is 6.04. The molecule has 6 nitrogen and oxygen atoms in total. The third-order valence-corrected chi connectivity index (χ3v) is 5.41. The number of carbonyl (C=O) groups excluding carboxylic acids is 1. The van der Waals surface area contributed by atoms with Crippen LogP contribution >= 0.6 is 0 Å². The Morgan fingerprint density at radius 1 is 1.43 bits per heavy atom. The van der Waals surface area contributed by atoms with E-state index >= 15 is 0 Å². The number of hydrogen-bond acceptors (Lipinski definition) is 5. The van der Waals surface area contributed by atoms with Gasteiger partial charge in [-0.05, 0) is 31.4 Å². The summed E-state index contributed by atoms with van der Waals surface area (Å²) in [5, 5.41) is 3.32. The summed E-state index contributed by atoms with van der Waals surface area (Å²) in [5.41, 5.74) is 2.19. The molecule has 0 unspecified atom stereocenters. The minimum Gasteiger partial charge on any atom is -0.478 e. The minimum atomic E-state index is -0.723. The zero-order chi connectivity index (χ0) is 19.5. The van der Waals surface area contributed by atoms with E-state index in [-0.39, 0.29) is 17.7 Å². The van der Waals surface area contributed by atoms with Gasteiger partial charge in [-0.2, -0.15) is 0 Å². The van der Waals surface area contributed by atoms with Crippen molar-refractivity contribution in [3.63, 3.8) is 0 Å². The van der Waals surface area contributed by atoms with Gasteiger partial charge in [0.25, 0.3) is 5.91 Å². The fraction of sp³-hybridized carbons (Fsp3) is 0.476. The molecule has 2 aliphatic heterocycles. The summed E-state index contributed by atoms with van der Waals surface area (Å²) in [7, 11) is 0. The molecule has 1 aromatic carbocycles. The Morgan fingerprint density at radius 2 is 2.29 bits per heavy atom. The molecule has 1 aromatic heterocycles. The van der Waals surface area contributed by atoms with Gasteiger partial charge in [-0.1, -0.05) is 19.1 Å². The van der Waals surface area contributed by atoms with Crippen molar-refractivity contribution < 1.29 is 13.9 Å². The molecule has 2 aromatic rings. The fourth-order valence-electron chi connectivity index (χ4n) is 3.90. The van der Waals surface area contributed by atoms with Gasteiger partial charge >= 0.3 is 0 Å². The highest BCUT2D eigenvalue weighted by Crippen LogP contribution is 2.32. The van der Waals surface area contributed by atoms with Crippen LogP contribution in [0.3, 0.4) is 0 Å². The Balaban J connectivity index is 1.53. The van der Waals surface area contributed by atoms with Gasteiger partial charge < -0.3 is 15.0 Å². The molecule has 0 saturated carbocycles. The van der Waals surface area contributed by atoms with Gasteiger partial charge in [0, 0.05) is 43.5 Å². The molecule has 0 radical (unpaired) electrons. The number of ether oxygens (including phenoxy) is 1. The van der Waals surface area contributed by atoms with Crippen molar-refractivity contribution >= 4 is 5.91 Å². The quantitative estimate of drug-likeness (QED) is 0.859. The monoisotopic (exact) mass is 384 g/mol. The van der Waals surface area contributed by atoms with Crippen molar-refractivity contribution in [2.24, 2.45) is 0 Å². The van der Waals surface area contributed by atoms with E-state index in [1.165, 1.54) is 6.07 Å². The lowest BCUT2D eigenvalue weighted by Crippen LogP contribution is -2.42. The van der Waals surface area contributed by atoms with Crippen LogP contribution in [0, 0.1) is 5.82 Å². The van der Waals surface area contributed by atoms with Crippen LogP contribution in [0.25, 0.3) is 0 Å². The molecule has 1 saturated heterocycles. The SMILES string of the molecule is CC[C@@H](Oc1ccccc1F)C(=O)N1CCC[C@H]1c1ncc2c(n1)CCNC2. The van der Waals surface area contributed by atoms with E-state index in [4.69, 9.17) is 9.72 Å². The second-order valence-corrected chi connectivity index (χ2v) is 7.26. The van der Waals surface area contributed by atoms with E-state index in [0.29, 0.717) is 18.8 Å². The summed E-state index contributed by atoms with van der Waals surface area (Å²) < 4.78 is 19.7. The predicted molar refractivity (Wildman–Crippen MR) is 102 cm³/mol. The lowest BCUT2D eigenvalue weighted by molar-refractivity contribution is -0.140. The summed E-state index contributed by atoms with van der Waals surface area (Å²) in [4.78, 5) is 24.3. The zero-order valence-corrected chi connectivity index (χ0v) is 16.0.